The zero-order valence-corrected chi connectivity index (χ0v) is 20.4. The Bertz CT molecular complexity index is 1230. The summed E-state index contributed by atoms with van der Waals surface area (Å²) in [6.45, 7) is 0. The van der Waals surface area contributed by atoms with Gasteiger partial charge in [0.2, 0.25) is 0 Å². The molecule has 0 aliphatic heterocycles. The van der Waals surface area contributed by atoms with E-state index in [9.17, 15) is 27.6 Å². The van der Waals surface area contributed by atoms with Crippen LogP contribution in [0.2, 0.25) is 5.02 Å². The highest BCUT2D eigenvalue weighted by Gasteiger charge is 2.31. The minimum atomic E-state index is -4.46. The number of nitrogen functional groups attached to an aromatic ring is 1. The van der Waals surface area contributed by atoms with Crippen LogP contribution in [-0.2, 0) is 25.2 Å². The summed E-state index contributed by atoms with van der Waals surface area (Å²) in [5.74, 6) is -2.51. The predicted octanol–water partition coefficient (Wildman–Crippen LogP) is 5.56. The lowest BCUT2D eigenvalue weighted by atomic mass is 10.1. The molecule has 0 spiro atoms. The minimum absolute atomic E-state index is 0.0813. The van der Waals surface area contributed by atoms with Gasteiger partial charge in [-0.2, -0.15) is 13.2 Å². The SMILES string of the molecule is COC(=O)C(=O)C(Cl)c1cccc(Cl)c1.COC(=O)c1nc(N)sc1-c1cccc(C(F)(F)F)c1. The standard InChI is InChI=1S/C12H9F3N2O2S.C10H8Cl2O3/c1-19-10(18)8-9(20-11(16)17-8)6-3-2-4-7(5-6)12(13,14)15;1-15-10(14)9(13)8(12)6-3-2-4-7(11)5-6/h2-5H,1H3,(H2,16,17);2-5,8H,1H3. The monoisotopic (exact) mass is 548 g/mol. The highest BCUT2D eigenvalue weighted by molar-refractivity contribution is 7.19. The van der Waals surface area contributed by atoms with Crippen molar-refractivity contribution in [2.45, 2.75) is 11.6 Å². The van der Waals surface area contributed by atoms with Crippen LogP contribution in [0.15, 0.2) is 48.5 Å². The Morgan fingerprint density at radius 3 is 2.29 bits per heavy atom. The lowest BCUT2D eigenvalue weighted by Gasteiger charge is -2.08. The first-order valence-corrected chi connectivity index (χ1v) is 11.1. The summed E-state index contributed by atoms with van der Waals surface area (Å²) in [5, 5.41) is -0.523. The number of ketones is 1. The maximum Gasteiger partial charge on any atom is 0.416 e. The van der Waals surface area contributed by atoms with Crippen molar-refractivity contribution >= 4 is 57.4 Å². The number of carbonyl (C=O) groups excluding carboxylic acids is 3. The van der Waals surface area contributed by atoms with Crippen LogP contribution in [0.1, 0.15) is 27.0 Å². The molecule has 0 saturated heterocycles. The molecule has 0 bridgehead atoms. The van der Waals surface area contributed by atoms with Crippen LogP contribution in [0.25, 0.3) is 10.4 Å². The van der Waals surface area contributed by atoms with Gasteiger partial charge >= 0.3 is 18.1 Å². The van der Waals surface area contributed by atoms with E-state index >= 15 is 0 Å². The molecule has 0 aliphatic rings. The smallest absolute Gasteiger partial charge is 0.416 e. The van der Waals surface area contributed by atoms with E-state index < -0.39 is 34.8 Å². The van der Waals surface area contributed by atoms with E-state index in [4.69, 9.17) is 28.9 Å². The maximum atomic E-state index is 12.7. The predicted molar refractivity (Wildman–Crippen MR) is 125 cm³/mol. The molecule has 2 N–H and O–H groups in total. The fourth-order valence-electron chi connectivity index (χ4n) is 2.62. The van der Waals surface area contributed by atoms with E-state index in [1.54, 1.807) is 18.2 Å². The number of hydrogen-bond donors (Lipinski definition) is 1. The fraction of sp³-hybridized carbons (Fsp3) is 0.182. The molecule has 35 heavy (non-hydrogen) atoms. The third-order valence-electron chi connectivity index (χ3n) is 4.23. The van der Waals surface area contributed by atoms with Gasteiger partial charge in [-0.25, -0.2) is 14.6 Å². The van der Waals surface area contributed by atoms with Gasteiger partial charge in [0.25, 0.3) is 5.78 Å². The summed E-state index contributed by atoms with van der Waals surface area (Å²) >= 11 is 12.4. The molecule has 0 aliphatic carbocycles. The van der Waals surface area contributed by atoms with Crippen LogP contribution in [0.3, 0.4) is 0 Å². The molecule has 7 nitrogen and oxygen atoms in total. The van der Waals surface area contributed by atoms with Gasteiger partial charge in [-0.1, -0.05) is 47.2 Å². The molecular weight excluding hydrogens is 532 g/mol. The molecular formula is C22H17Cl2F3N2O5S. The zero-order valence-electron chi connectivity index (χ0n) is 18.1. The molecule has 0 radical (unpaired) electrons. The van der Waals surface area contributed by atoms with E-state index in [0.29, 0.717) is 10.6 Å². The molecule has 1 unspecified atom stereocenters. The van der Waals surface area contributed by atoms with E-state index in [1.165, 1.54) is 18.2 Å². The van der Waals surface area contributed by atoms with Crippen LogP contribution in [0, 0.1) is 0 Å². The number of thiazole rings is 1. The van der Waals surface area contributed by atoms with Crippen molar-refractivity contribution in [1.82, 2.24) is 4.98 Å². The Morgan fingerprint density at radius 2 is 1.71 bits per heavy atom. The molecule has 13 heteroatoms. The molecule has 186 valence electrons. The first-order chi connectivity index (χ1) is 16.4. The largest absolute Gasteiger partial charge is 0.464 e. The van der Waals surface area contributed by atoms with Crippen LogP contribution in [-0.4, -0.2) is 36.9 Å². The second-order valence-electron chi connectivity index (χ2n) is 6.57. The highest BCUT2D eigenvalue weighted by Crippen LogP contribution is 2.36. The first kappa shape index (κ1) is 28.1. The van der Waals surface area contributed by atoms with Crippen molar-refractivity contribution in [2.75, 3.05) is 20.0 Å². The lowest BCUT2D eigenvalue weighted by Crippen LogP contribution is -2.20. The molecule has 3 aromatic rings. The number of carbonyl (C=O) groups is 3. The normalized spacial score (nSPS) is 11.6. The van der Waals surface area contributed by atoms with Crippen molar-refractivity contribution in [3.8, 4) is 10.4 Å². The van der Waals surface area contributed by atoms with Crippen molar-refractivity contribution in [3.05, 3.63) is 70.4 Å². The van der Waals surface area contributed by atoms with E-state index in [2.05, 4.69) is 14.5 Å². The van der Waals surface area contributed by atoms with Gasteiger partial charge in [-0.05, 0) is 35.4 Å². The summed E-state index contributed by atoms with van der Waals surface area (Å²) in [6.07, 6.45) is -4.46. The highest BCUT2D eigenvalue weighted by atomic mass is 35.5. The third-order valence-corrected chi connectivity index (χ3v) is 5.85. The Balaban J connectivity index is 0.000000258. The first-order valence-electron chi connectivity index (χ1n) is 9.43. The van der Waals surface area contributed by atoms with Gasteiger partial charge in [0.05, 0.1) is 24.7 Å². The number of methoxy groups -OCH3 is 2. The topological polar surface area (TPSA) is 109 Å². The Morgan fingerprint density at radius 1 is 1.06 bits per heavy atom. The third kappa shape index (κ3) is 7.41. The number of benzene rings is 2. The summed E-state index contributed by atoms with van der Waals surface area (Å²) < 4.78 is 46.9. The zero-order chi connectivity index (χ0) is 26.3. The number of esters is 2. The number of nitrogens with zero attached hydrogens (tertiary/aromatic N) is 1. The molecule has 2 aromatic carbocycles. The molecule has 0 fully saturated rings. The molecule has 1 aromatic heterocycles. The second kappa shape index (κ2) is 12.0. The lowest BCUT2D eigenvalue weighted by molar-refractivity contribution is -0.151. The number of Topliss-reactive ketones (excluding diaryl/α,β-unsaturated/α-hetero) is 1. The van der Waals surface area contributed by atoms with E-state index in [0.717, 1.165) is 37.7 Å². The minimum Gasteiger partial charge on any atom is -0.464 e. The van der Waals surface area contributed by atoms with Gasteiger partial charge in [-0.3, -0.25) is 4.79 Å². The number of rotatable bonds is 5. The van der Waals surface area contributed by atoms with Gasteiger partial charge < -0.3 is 15.2 Å². The Kier molecular flexibility index (Phi) is 9.64. The number of nitrogens with two attached hydrogens (primary N) is 1. The quantitative estimate of drug-likeness (QED) is 0.252. The van der Waals surface area contributed by atoms with Crippen molar-refractivity contribution in [3.63, 3.8) is 0 Å². The van der Waals surface area contributed by atoms with E-state index in [1.807, 2.05) is 0 Å². The number of hydrogen-bond acceptors (Lipinski definition) is 8. The number of halogens is 5. The van der Waals surface area contributed by atoms with Crippen LogP contribution < -0.4 is 5.73 Å². The summed E-state index contributed by atoms with van der Waals surface area (Å²) in [7, 11) is 2.29. The molecule has 1 atom stereocenters. The van der Waals surface area contributed by atoms with Crippen LogP contribution in [0.4, 0.5) is 18.3 Å². The average Bonchev–Trinajstić information content (AvgIpc) is 3.23. The Hall–Kier alpha value is -3.15. The van der Waals surface area contributed by atoms with Gasteiger partial charge in [0, 0.05) is 5.02 Å². The molecule has 3 rings (SSSR count). The van der Waals surface area contributed by atoms with E-state index in [-0.39, 0.29) is 21.3 Å². The van der Waals surface area contributed by atoms with Crippen molar-refractivity contribution < 1.29 is 37.0 Å². The molecule has 0 amide bonds. The summed E-state index contributed by atoms with van der Waals surface area (Å²) in [4.78, 5) is 37.8. The number of aromatic nitrogens is 1. The summed E-state index contributed by atoms with van der Waals surface area (Å²) in [6, 6.07) is 11.0. The van der Waals surface area contributed by atoms with Crippen LogP contribution >= 0.6 is 34.5 Å². The van der Waals surface area contributed by atoms with Gasteiger partial charge in [0.1, 0.15) is 5.38 Å². The van der Waals surface area contributed by atoms with Crippen molar-refractivity contribution in [2.24, 2.45) is 0 Å². The Labute approximate surface area is 211 Å². The number of alkyl halides is 4. The number of anilines is 1. The number of ether oxygens (including phenoxy) is 2. The molecule has 0 saturated carbocycles. The summed E-state index contributed by atoms with van der Waals surface area (Å²) in [5.41, 5.74) is 5.30. The fourth-order valence-corrected chi connectivity index (χ4v) is 3.86. The van der Waals surface area contributed by atoms with Crippen LogP contribution in [0.5, 0.6) is 0 Å². The molecule has 1 heterocycles. The van der Waals surface area contributed by atoms with Gasteiger partial charge in [-0.15, -0.1) is 11.6 Å². The second-order valence-corrected chi connectivity index (χ2v) is 8.48. The average molecular weight is 549 g/mol. The van der Waals surface area contributed by atoms with Gasteiger partial charge in [0.15, 0.2) is 10.8 Å². The maximum absolute atomic E-state index is 12.7. The van der Waals surface area contributed by atoms with Crippen molar-refractivity contribution in [1.29, 1.82) is 0 Å².